The summed E-state index contributed by atoms with van der Waals surface area (Å²) in [4.78, 5) is 25.5. The van der Waals surface area contributed by atoms with Gasteiger partial charge < -0.3 is 5.32 Å². The zero-order chi connectivity index (χ0) is 21.9. The van der Waals surface area contributed by atoms with E-state index in [0.29, 0.717) is 30.4 Å². The number of benzene rings is 2. The second kappa shape index (κ2) is 8.99. The summed E-state index contributed by atoms with van der Waals surface area (Å²) >= 11 is 0. The molecule has 0 unspecified atom stereocenters. The zero-order valence-electron chi connectivity index (χ0n) is 16.3. The molecule has 10 heteroatoms. The average Bonchev–Trinajstić information content (AvgIpc) is 2.70. The molecule has 0 aromatic heterocycles. The van der Waals surface area contributed by atoms with Crippen LogP contribution in [0.25, 0.3) is 0 Å². The number of amides is 1. The Morgan fingerprint density at radius 1 is 1.00 bits per heavy atom. The van der Waals surface area contributed by atoms with Gasteiger partial charge in [-0.3, -0.25) is 14.5 Å². The van der Waals surface area contributed by atoms with Crippen LogP contribution in [0.2, 0.25) is 0 Å². The number of hydrogen-bond donors (Lipinski definition) is 1. The van der Waals surface area contributed by atoms with E-state index < -0.39 is 21.7 Å². The molecule has 0 saturated carbocycles. The molecule has 2 aromatic rings. The highest BCUT2D eigenvalue weighted by atomic mass is 32.2. The fourth-order valence-corrected chi connectivity index (χ4v) is 4.64. The Hall–Kier alpha value is -2.69. The van der Waals surface area contributed by atoms with Crippen LogP contribution in [0.15, 0.2) is 47.4 Å². The van der Waals surface area contributed by atoms with Crippen molar-refractivity contribution in [1.82, 2.24) is 9.21 Å². The van der Waals surface area contributed by atoms with Crippen LogP contribution >= 0.6 is 0 Å². The van der Waals surface area contributed by atoms with Crippen LogP contribution < -0.4 is 5.32 Å². The number of halogens is 2. The van der Waals surface area contributed by atoms with Gasteiger partial charge in [-0.15, -0.1) is 0 Å². The molecule has 1 N–H and O–H groups in total. The third kappa shape index (κ3) is 4.89. The van der Waals surface area contributed by atoms with Crippen molar-refractivity contribution >= 4 is 27.4 Å². The van der Waals surface area contributed by atoms with E-state index in [-0.39, 0.29) is 36.2 Å². The summed E-state index contributed by atoms with van der Waals surface area (Å²) in [6.07, 6.45) is 0. The van der Waals surface area contributed by atoms with Gasteiger partial charge in [-0.1, -0.05) is 12.1 Å². The predicted molar refractivity (Wildman–Crippen MR) is 107 cm³/mol. The highest BCUT2D eigenvalue weighted by Gasteiger charge is 2.29. The molecule has 30 heavy (non-hydrogen) atoms. The summed E-state index contributed by atoms with van der Waals surface area (Å²) in [7, 11) is -3.95. The molecule has 0 spiro atoms. The third-order valence-electron chi connectivity index (χ3n) is 4.81. The highest BCUT2D eigenvalue weighted by Crippen LogP contribution is 2.20. The number of hydrogen-bond acceptors (Lipinski definition) is 5. The Kier molecular flexibility index (Phi) is 6.59. The van der Waals surface area contributed by atoms with Crippen LogP contribution in [-0.4, -0.2) is 62.0 Å². The standard InChI is InChI=1S/C20H21F2N3O4S/c1-14(26)16-4-2-3-5-19(16)23-20(27)13-24-8-10-25(11-9-24)30(28,29)15-6-7-17(21)18(22)12-15/h2-7,12H,8-11,13H2,1H3,(H,23,27). The molecule has 2 aromatic carbocycles. The van der Waals surface area contributed by atoms with E-state index in [4.69, 9.17) is 0 Å². The van der Waals surface area contributed by atoms with E-state index in [9.17, 15) is 26.8 Å². The Bertz CT molecular complexity index is 1070. The molecule has 160 valence electrons. The Morgan fingerprint density at radius 2 is 1.67 bits per heavy atom. The minimum atomic E-state index is -3.95. The number of rotatable bonds is 6. The third-order valence-corrected chi connectivity index (χ3v) is 6.70. The minimum Gasteiger partial charge on any atom is -0.324 e. The van der Waals surface area contributed by atoms with Crippen molar-refractivity contribution < 1.29 is 26.8 Å². The number of nitrogens with one attached hydrogen (secondary N) is 1. The van der Waals surface area contributed by atoms with Gasteiger partial charge >= 0.3 is 0 Å². The number of nitrogens with zero attached hydrogens (tertiary/aromatic N) is 2. The number of anilines is 1. The summed E-state index contributed by atoms with van der Waals surface area (Å²) < 4.78 is 52.9. The fourth-order valence-electron chi connectivity index (χ4n) is 3.21. The largest absolute Gasteiger partial charge is 0.324 e. The van der Waals surface area contributed by atoms with Crippen LogP contribution in [0.1, 0.15) is 17.3 Å². The average molecular weight is 437 g/mol. The molecule has 0 bridgehead atoms. The Morgan fingerprint density at radius 3 is 2.30 bits per heavy atom. The van der Waals surface area contributed by atoms with Gasteiger partial charge in [0.15, 0.2) is 17.4 Å². The molecule has 1 heterocycles. The number of para-hydroxylation sites is 1. The van der Waals surface area contributed by atoms with Crippen LogP contribution in [0.4, 0.5) is 14.5 Å². The van der Waals surface area contributed by atoms with Crippen LogP contribution in [-0.2, 0) is 14.8 Å². The Balaban J connectivity index is 1.58. The molecule has 1 fully saturated rings. The van der Waals surface area contributed by atoms with Crippen molar-refractivity contribution in [2.75, 3.05) is 38.0 Å². The first-order valence-corrected chi connectivity index (χ1v) is 10.7. The molecule has 1 aliphatic heterocycles. The summed E-state index contributed by atoms with van der Waals surface area (Å²) in [5.74, 6) is -2.82. The van der Waals surface area contributed by atoms with Crippen LogP contribution in [0, 0.1) is 11.6 Å². The summed E-state index contributed by atoms with van der Waals surface area (Å²) in [6, 6.07) is 9.16. The van der Waals surface area contributed by atoms with Crippen molar-refractivity contribution in [2.24, 2.45) is 0 Å². The quantitative estimate of drug-likeness (QED) is 0.700. The number of Topliss-reactive ketones (excluding diaryl/α,β-unsaturated/α-hetero) is 1. The SMILES string of the molecule is CC(=O)c1ccccc1NC(=O)CN1CCN(S(=O)(=O)c2ccc(F)c(F)c2)CC1. The molecular weight excluding hydrogens is 416 g/mol. The highest BCUT2D eigenvalue weighted by molar-refractivity contribution is 7.89. The van der Waals surface area contributed by atoms with E-state index in [1.54, 1.807) is 29.2 Å². The number of sulfonamides is 1. The lowest BCUT2D eigenvalue weighted by atomic mass is 10.1. The van der Waals surface area contributed by atoms with Gasteiger partial charge in [-0.2, -0.15) is 4.31 Å². The van der Waals surface area contributed by atoms with Crippen molar-refractivity contribution in [2.45, 2.75) is 11.8 Å². The van der Waals surface area contributed by atoms with E-state index in [1.165, 1.54) is 11.2 Å². The molecule has 0 aliphatic carbocycles. The first-order valence-electron chi connectivity index (χ1n) is 9.26. The topological polar surface area (TPSA) is 86.8 Å². The lowest BCUT2D eigenvalue weighted by Crippen LogP contribution is -2.50. The molecule has 0 atom stereocenters. The number of carbonyl (C=O) groups is 2. The van der Waals surface area contributed by atoms with Crippen molar-refractivity contribution in [3.8, 4) is 0 Å². The molecular formula is C20H21F2N3O4S. The van der Waals surface area contributed by atoms with Gasteiger partial charge in [0.25, 0.3) is 0 Å². The van der Waals surface area contributed by atoms with Gasteiger partial charge in [-0.25, -0.2) is 17.2 Å². The summed E-state index contributed by atoms with van der Waals surface area (Å²) in [6.45, 7) is 2.26. The van der Waals surface area contributed by atoms with Gasteiger partial charge in [-0.05, 0) is 37.3 Å². The Labute approximate surface area is 173 Å². The second-order valence-electron chi connectivity index (χ2n) is 6.91. The molecule has 1 amide bonds. The second-order valence-corrected chi connectivity index (χ2v) is 8.84. The van der Waals surface area contributed by atoms with E-state index in [2.05, 4.69) is 5.32 Å². The fraction of sp³-hybridized carbons (Fsp3) is 0.300. The normalized spacial score (nSPS) is 15.7. The van der Waals surface area contributed by atoms with Crippen LogP contribution in [0.5, 0.6) is 0 Å². The van der Waals surface area contributed by atoms with Crippen molar-refractivity contribution in [1.29, 1.82) is 0 Å². The molecule has 1 saturated heterocycles. The van der Waals surface area contributed by atoms with Crippen molar-refractivity contribution in [3.63, 3.8) is 0 Å². The summed E-state index contributed by atoms with van der Waals surface area (Å²) in [5, 5.41) is 2.71. The smallest absolute Gasteiger partial charge is 0.243 e. The lowest BCUT2D eigenvalue weighted by molar-refractivity contribution is -0.117. The van der Waals surface area contributed by atoms with E-state index >= 15 is 0 Å². The van der Waals surface area contributed by atoms with E-state index in [0.717, 1.165) is 12.1 Å². The predicted octanol–water partition coefficient (Wildman–Crippen LogP) is 2.11. The maximum absolute atomic E-state index is 13.4. The minimum absolute atomic E-state index is 0.0330. The van der Waals surface area contributed by atoms with Crippen molar-refractivity contribution in [3.05, 3.63) is 59.7 Å². The summed E-state index contributed by atoms with van der Waals surface area (Å²) in [5.41, 5.74) is 0.836. The van der Waals surface area contributed by atoms with E-state index in [1.807, 2.05) is 0 Å². The van der Waals surface area contributed by atoms with Crippen LogP contribution in [0.3, 0.4) is 0 Å². The molecule has 7 nitrogen and oxygen atoms in total. The molecule has 0 radical (unpaired) electrons. The number of carbonyl (C=O) groups excluding carboxylic acids is 2. The first-order chi connectivity index (χ1) is 14.2. The number of ketones is 1. The first kappa shape index (κ1) is 22.0. The monoisotopic (exact) mass is 437 g/mol. The maximum Gasteiger partial charge on any atom is 0.243 e. The zero-order valence-corrected chi connectivity index (χ0v) is 17.1. The van der Waals surface area contributed by atoms with Gasteiger partial charge in [0.05, 0.1) is 17.1 Å². The number of piperazine rings is 1. The van der Waals surface area contributed by atoms with Gasteiger partial charge in [0.2, 0.25) is 15.9 Å². The molecule has 3 rings (SSSR count). The molecule has 1 aliphatic rings. The maximum atomic E-state index is 13.4. The van der Waals surface area contributed by atoms with Gasteiger partial charge in [0.1, 0.15) is 0 Å². The lowest BCUT2D eigenvalue weighted by Gasteiger charge is -2.33. The van der Waals surface area contributed by atoms with Gasteiger partial charge in [0, 0.05) is 31.7 Å².